The van der Waals surface area contributed by atoms with Gasteiger partial charge in [-0.3, -0.25) is 9.59 Å². The number of amides is 2. The van der Waals surface area contributed by atoms with E-state index in [9.17, 15) is 9.59 Å². The Morgan fingerprint density at radius 3 is 1.43 bits per heavy atom. The van der Waals surface area contributed by atoms with Gasteiger partial charge in [0.1, 0.15) is 0 Å². The normalized spacial score (nSPS) is 11.4. The van der Waals surface area contributed by atoms with Gasteiger partial charge in [0.05, 0.1) is 19.3 Å². The van der Waals surface area contributed by atoms with Crippen molar-refractivity contribution < 1.29 is 9.59 Å². The summed E-state index contributed by atoms with van der Waals surface area (Å²) in [4.78, 5) is 34.3. The number of aromatic nitrogens is 2. The highest BCUT2D eigenvalue weighted by atomic mass is 16.2. The highest BCUT2D eigenvalue weighted by Crippen LogP contribution is 2.14. The van der Waals surface area contributed by atoms with Gasteiger partial charge >= 0.3 is 0 Å². The number of allylic oxidation sites excluding steroid dienone is 2. The van der Waals surface area contributed by atoms with Gasteiger partial charge in [0.15, 0.2) is 0 Å². The van der Waals surface area contributed by atoms with Gasteiger partial charge in [0.2, 0.25) is 11.8 Å². The van der Waals surface area contributed by atoms with Crippen LogP contribution in [0.15, 0.2) is 24.7 Å². The predicted octanol–water partition coefficient (Wildman–Crippen LogP) is 11.4. The molecule has 0 atom stereocenters. The largest absolute Gasteiger partial charge is 0.348 e. The zero-order chi connectivity index (χ0) is 33.9. The van der Waals surface area contributed by atoms with Crippen molar-refractivity contribution in [2.75, 3.05) is 19.6 Å². The molecule has 2 amide bonds. The molecule has 0 bridgehead atoms. The Morgan fingerprint density at radius 2 is 1.02 bits per heavy atom. The summed E-state index contributed by atoms with van der Waals surface area (Å²) >= 11 is 0. The van der Waals surface area contributed by atoms with Crippen LogP contribution in [-0.2, 0) is 16.0 Å². The van der Waals surface area contributed by atoms with E-state index in [2.05, 4.69) is 41.3 Å². The molecule has 0 spiro atoms. The summed E-state index contributed by atoms with van der Waals surface area (Å²) < 4.78 is 0. The van der Waals surface area contributed by atoms with E-state index in [0.29, 0.717) is 0 Å². The number of nitrogens with zero attached hydrogens (tertiary/aromatic N) is 2. The fourth-order valence-corrected chi connectivity index (χ4v) is 6.31. The molecule has 0 aliphatic rings. The van der Waals surface area contributed by atoms with Crippen molar-refractivity contribution in [1.82, 2.24) is 20.2 Å². The molecule has 0 aliphatic carbocycles. The summed E-state index contributed by atoms with van der Waals surface area (Å²) in [5.41, 5.74) is 0.762. The van der Waals surface area contributed by atoms with Crippen LogP contribution in [0.2, 0.25) is 0 Å². The Labute approximate surface area is 291 Å². The Kier molecular flexibility index (Phi) is 30.8. The van der Waals surface area contributed by atoms with E-state index in [-0.39, 0.29) is 24.8 Å². The molecule has 0 aliphatic heterocycles. The van der Waals surface area contributed by atoms with Crippen LogP contribution in [0, 0.1) is 0 Å². The highest BCUT2D eigenvalue weighted by molar-refractivity contribution is 5.85. The number of hydrogen-bond acceptors (Lipinski definition) is 3. The molecule has 6 heteroatoms. The lowest BCUT2D eigenvalue weighted by molar-refractivity contribution is -0.132. The van der Waals surface area contributed by atoms with Gasteiger partial charge in [-0.05, 0) is 38.5 Å². The first kappa shape index (κ1) is 42.9. The van der Waals surface area contributed by atoms with Gasteiger partial charge in [-0.15, -0.1) is 0 Å². The van der Waals surface area contributed by atoms with Gasteiger partial charge < -0.3 is 15.2 Å². The van der Waals surface area contributed by atoms with Crippen LogP contribution in [0.1, 0.15) is 199 Å². The molecule has 1 aromatic rings. The summed E-state index contributed by atoms with van der Waals surface area (Å²) in [6, 6.07) is 0. The number of nitrogens with one attached hydrogen (secondary N) is 2. The molecule has 0 unspecified atom stereocenters. The van der Waals surface area contributed by atoms with E-state index < -0.39 is 0 Å². The summed E-state index contributed by atoms with van der Waals surface area (Å²) in [5, 5.41) is 2.83. The Bertz CT molecular complexity index is 839. The quantitative estimate of drug-likeness (QED) is 0.0564. The standard InChI is InChI=1S/C41H76N4O2/c1-3-5-7-9-11-13-15-17-19-20-22-24-26-28-30-32-34-45(41(47)37-43-40(46)35-39-36-42-38-44-39)33-31-29-27-25-23-21-18-16-14-12-10-8-6-4-2/h17,19,36,38H,3-16,18,20-35,37H2,1-2H3,(H,42,44)(H,43,46). The van der Waals surface area contributed by atoms with Crippen LogP contribution in [0.4, 0.5) is 0 Å². The third-order valence-corrected chi connectivity index (χ3v) is 9.42. The van der Waals surface area contributed by atoms with Crippen LogP contribution >= 0.6 is 0 Å². The highest BCUT2D eigenvalue weighted by Gasteiger charge is 2.14. The second kappa shape index (κ2) is 33.8. The fourth-order valence-electron chi connectivity index (χ4n) is 6.31. The zero-order valence-electron chi connectivity index (χ0n) is 31.1. The van der Waals surface area contributed by atoms with Gasteiger partial charge in [-0.1, -0.05) is 167 Å². The molecule has 1 aromatic heterocycles. The van der Waals surface area contributed by atoms with Gasteiger partial charge in [-0.25, -0.2) is 4.98 Å². The number of unbranched alkanes of at least 4 members (excludes halogenated alkanes) is 25. The minimum Gasteiger partial charge on any atom is -0.348 e. The van der Waals surface area contributed by atoms with Crippen molar-refractivity contribution in [2.45, 2.75) is 200 Å². The minimum atomic E-state index is -0.142. The number of rotatable bonds is 35. The number of carbonyl (C=O) groups is 2. The second-order valence-electron chi connectivity index (χ2n) is 13.9. The lowest BCUT2D eigenvalue weighted by atomic mass is 10.0. The number of H-pyrrole nitrogens is 1. The second-order valence-corrected chi connectivity index (χ2v) is 13.9. The van der Waals surface area contributed by atoms with Crippen LogP contribution in [0.25, 0.3) is 0 Å². The first-order chi connectivity index (χ1) is 23.2. The van der Waals surface area contributed by atoms with E-state index in [1.54, 1.807) is 12.5 Å². The van der Waals surface area contributed by atoms with Gasteiger partial charge in [-0.2, -0.15) is 0 Å². The molecule has 0 aromatic carbocycles. The van der Waals surface area contributed by atoms with Crippen LogP contribution in [0.3, 0.4) is 0 Å². The average Bonchev–Trinajstić information content (AvgIpc) is 3.59. The zero-order valence-corrected chi connectivity index (χ0v) is 31.1. The van der Waals surface area contributed by atoms with E-state index >= 15 is 0 Å². The summed E-state index contributed by atoms with van der Waals surface area (Å²) in [7, 11) is 0. The molecule has 0 radical (unpaired) electrons. The van der Waals surface area contributed by atoms with E-state index in [1.165, 1.54) is 167 Å². The maximum Gasteiger partial charge on any atom is 0.241 e. The first-order valence-corrected chi connectivity index (χ1v) is 20.3. The van der Waals surface area contributed by atoms with Crippen LogP contribution < -0.4 is 5.32 Å². The summed E-state index contributed by atoms with van der Waals surface area (Å²) in [6.07, 6.45) is 44.9. The average molecular weight is 657 g/mol. The Hall–Kier alpha value is -2.11. The molecule has 2 N–H and O–H groups in total. The predicted molar refractivity (Wildman–Crippen MR) is 202 cm³/mol. The lowest BCUT2D eigenvalue weighted by Gasteiger charge is -2.23. The SMILES string of the molecule is CCCCCCCCC=CCCCCCCCCN(CCCCCCCCCCCCCCCC)C(=O)CNC(=O)Cc1cnc[nH]1. The number of hydrogen-bond donors (Lipinski definition) is 2. The summed E-state index contributed by atoms with van der Waals surface area (Å²) in [6.45, 7) is 6.24. The maximum atomic E-state index is 13.1. The number of carbonyl (C=O) groups excluding carboxylic acids is 2. The number of imidazole rings is 1. The van der Waals surface area contributed by atoms with Crippen LogP contribution in [-0.4, -0.2) is 46.3 Å². The van der Waals surface area contributed by atoms with Crippen molar-refractivity contribution >= 4 is 11.8 Å². The Balaban J connectivity index is 2.18. The van der Waals surface area contributed by atoms with Crippen molar-refractivity contribution in [2.24, 2.45) is 0 Å². The summed E-state index contributed by atoms with van der Waals surface area (Å²) in [5.74, 6) is -0.0956. The van der Waals surface area contributed by atoms with Gasteiger partial charge in [0.25, 0.3) is 0 Å². The smallest absolute Gasteiger partial charge is 0.241 e. The van der Waals surface area contributed by atoms with E-state index in [4.69, 9.17) is 0 Å². The Morgan fingerprint density at radius 1 is 0.617 bits per heavy atom. The van der Waals surface area contributed by atoms with Gasteiger partial charge in [0, 0.05) is 25.0 Å². The molecule has 47 heavy (non-hydrogen) atoms. The maximum absolute atomic E-state index is 13.1. The molecule has 0 saturated heterocycles. The van der Waals surface area contributed by atoms with Crippen molar-refractivity contribution in [3.63, 3.8) is 0 Å². The minimum absolute atomic E-state index is 0.0467. The fraction of sp³-hybridized carbons (Fsp3) is 0.829. The van der Waals surface area contributed by atoms with Crippen LogP contribution in [0.5, 0.6) is 0 Å². The molecular formula is C41H76N4O2. The molecular weight excluding hydrogens is 580 g/mol. The molecule has 1 rings (SSSR count). The molecule has 6 nitrogen and oxygen atoms in total. The lowest BCUT2D eigenvalue weighted by Crippen LogP contribution is -2.41. The topological polar surface area (TPSA) is 78.1 Å². The van der Waals surface area contributed by atoms with Crippen molar-refractivity contribution in [3.05, 3.63) is 30.4 Å². The third-order valence-electron chi connectivity index (χ3n) is 9.42. The van der Waals surface area contributed by atoms with Crippen molar-refractivity contribution in [1.29, 1.82) is 0 Å². The third kappa shape index (κ3) is 28.6. The number of aromatic amines is 1. The molecule has 0 fully saturated rings. The molecule has 1 heterocycles. The van der Waals surface area contributed by atoms with Crippen molar-refractivity contribution in [3.8, 4) is 0 Å². The molecule has 272 valence electrons. The first-order valence-electron chi connectivity index (χ1n) is 20.3. The van der Waals surface area contributed by atoms with E-state index in [0.717, 1.165) is 31.6 Å². The monoisotopic (exact) mass is 657 g/mol. The molecule has 0 saturated carbocycles. The van der Waals surface area contributed by atoms with E-state index in [1.807, 2.05) is 4.90 Å².